The molecule has 1 atom stereocenters. The highest BCUT2D eigenvalue weighted by Crippen LogP contribution is 2.35. The molecular weight excluding hydrogens is 502 g/mol. The third kappa shape index (κ3) is 5.83. The van der Waals surface area contributed by atoms with Crippen molar-refractivity contribution in [2.75, 3.05) is 33.3 Å². The molecular formula is C29H35ClN5O3+. The summed E-state index contributed by atoms with van der Waals surface area (Å²) in [5.41, 5.74) is 3.98. The van der Waals surface area contributed by atoms with Crippen LogP contribution in [0.25, 0.3) is 22.0 Å². The topological polar surface area (TPSA) is 91.3 Å². The molecule has 1 amide bonds. The number of hydrogen-bond donors (Lipinski definition) is 2. The minimum Gasteiger partial charge on any atom is -0.493 e. The first-order valence-corrected chi connectivity index (χ1v) is 13.3. The van der Waals surface area contributed by atoms with Gasteiger partial charge < -0.3 is 9.64 Å². The smallest absolute Gasteiger partial charge is 0.254 e. The van der Waals surface area contributed by atoms with Gasteiger partial charge in [-0.15, -0.1) is 0 Å². The third-order valence-electron chi connectivity index (χ3n) is 7.19. The second-order valence-electron chi connectivity index (χ2n) is 9.39. The second-order valence-corrected chi connectivity index (χ2v) is 9.83. The number of carbonyl (C=O) groups excluding carboxylic acids is 1. The molecule has 2 heterocycles. The maximum atomic E-state index is 13.9. The van der Waals surface area contributed by atoms with E-state index in [9.17, 15) is 10.0 Å². The van der Waals surface area contributed by atoms with Crippen molar-refractivity contribution in [1.29, 1.82) is 0 Å². The Bertz CT molecular complexity index is 1400. The van der Waals surface area contributed by atoms with Gasteiger partial charge in [0.2, 0.25) is 0 Å². The summed E-state index contributed by atoms with van der Waals surface area (Å²) in [6.45, 7) is 7.94. The van der Waals surface area contributed by atoms with Crippen LogP contribution in [0, 0.1) is 0 Å². The average molecular weight is 537 g/mol. The Labute approximate surface area is 228 Å². The number of hydrogen-bond acceptors (Lipinski definition) is 5. The molecule has 0 aliphatic heterocycles. The van der Waals surface area contributed by atoms with Crippen molar-refractivity contribution in [2.24, 2.45) is 0 Å². The van der Waals surface area contributed by atoms with Gasteiger partial charge in [-0.05, 0) is 56.7 Å². The lowest BCUT2D eigenvalue weighted by atomic mass is 9.99. The summed E-state index contributed by atoms with van der Waals surface area (Å²) in [7, 11) is 1.79. The van der Waals surface area contributed by atoms with E-state index in [-0.39, 0.29) is 16.6 Å². The Morgan fingerprint density at radius 3 is 2.63 bits per heavy atom. The molecule has 200 valence electrons. The van der Waals surface area contributed by atoms with Crippen LogP contribution in [-0.2, 0) is 0 Å². The molecule has 2 N–H and O–H groups in total. The number of ether oxygens (including phenoxy) is 1. The van der Waals surface area contributed by atoms with Gasteiger partial charge in [0.05, 0.1) is 24.4 Å². The van der Waals surface area contributed by atoms with Gasteiger partial charge in [0, 0.05) is 53.0 Å². The maximum absolute atomic E-state index is 13.9. The monoisotopic (exact) mass is 536 g/mol. The molecule has 0 saturated heterocycles. The standard InChI is InChI=1S/C29H35ClN5O3/c1-5-35(37,6-2)14-13-26(25-19-31-17-22-18-32-33-28(22)25)34(4)29(36)21-11-12-24(27(16-21)38-7-3)20-9-8-10-23(30)15-20/h8-12,15-19,26,37H,5-7,13-14H2,1-4H3,(H,32,33)/q+1. The van der Waals surface area contributed by atoms with Crippen LogP contribution in [0.15, 0.2) is 61.1 Å². The number of amides is 1. The van der Waals surface area contributed by atoms with Gasteiger partial charge in [0.15, 0.2) is 0 Å². The van der Waals surface area contributed by atoms with Crippen molar-refractivity contribution in [1.82, 2.24) is 20.1 Å². The SMILES string of the molecule is CCOc1cc(C(=O)N(C)C(CC[N+](O)(CC)CC)c2cncc3cn[nH]c23)ccc1-c1cccc(Cl)c1. The Hall–Kier alpha value is -3.46. The zero-order valence-electron chi connectivity index (χ0n) is 22.3. The molecule has 4 rings (SSSR count). The number of rotatable bonds is 11. The molecule has 9 heteroatoms. The van der Waals surface area contributed by atoms with E-state index in [1.165, 1.54) is 0 Å². The van der Waals surface area contributed by atoms with Crippen LogP contribution in [0.2, 0.25) is 5.02 Å². The fourth-order valence-electron chi connectivity index (χ4n) is 4.77. The van der Waals surface area contributed by atoms with Crippen molar-refractivity contribution in [3.63, 3.8) is 0 Å². The van der Waals surface area contributed by atoms with Gasteiger partial charge in [-0.2, -0.15) is 9.75 Å². The number of benzene rings is 2. The van der Waals surface area contributed by atoms with Crippen LogP contribution in [0.4, 0.5) is 0 Å². The highest BCUT2D eigenvalue weighted by Gasteiger charge is 2.30. The van der Waals surface area contributed by atoms with Crippen molar-refractivity contribution in [3.05, 3.63) is 77.2 Å². The Morgan fingerprint density at radius 2 is 1.92 bits per heavy atom. The number of carbonyl (C=O) groups is 1. The predicted molar refractivity (Wildman–Crippen MR) is 149 cm³/mol. The van der Waals surface area contributed by atoms with Crippen LogP contribution < -0.4 is 4.74 Å². The molecule has 2 aromatic carbocycles. The fourth-order valence-corrected chi connectivity index (χ4v) is 4.96. The molecule has 0 bridgehead atoms. The Morgan fingerprint density at radius 1 is 1.13 bits per heavy atom. The second kappa shape index (κ2) is 11.9. The van der Waals surface area contributed by atoms with Gasteiger partial charge in [0.25, 0.3) is 5.91 Å². The first kappa shape index (κ1) is 27.6. The van der Waals surface area contributed by atoms with Crippen LogP contribution in [-0.4, -0.2) is 69.1 Å². The summed E-state index contributed by atoms with van der Waals surface area (Å²) in [4.78, 5) is 20.0. The van der Waals surface area contributed by atoms with Crippen LogP contribution in [0.5, 0.6) is 5.75 Å². The van der Waals surface area contributed by atoms with Gasteiger partial charge in [-0.25, -0.2) is 5.21 Å². The average Bonchev–Trinajstić information content (AvgIpc) is 3.42. The van der Waals surface area contributed by atoms with Gasteiger partial charge >= 0.3 is 0 Å². The summed E-state index contributed by atoms with van der Waals surface area (Å²) in [5.74, 6) is 0.458. The number of aromatic nitrogens is 3. The van der Waals surface area contributed by atoms with Crippen molar-refractivity contribution < 1.29 is 19.4 Å². The lowest BCUT2D eigenvalue weighted by Gasteiger charge is -2.33. The Balaban J connectivity index is 1.71. The molecule has 2 aromatic heterocycles. The first-order valence-electron chi connectivity index (χ1n) is 13.0. The minimum atomic E-state index is -0.343. The lowest BCUT2D eigenvalue weighted by molar-refractivity contribution is -1.10. The minimum absolute atomic E-state index is 0.0757. The lowest BCUT2D eigenvalue weighted by Crippen LogP contribution is -2.46. The fraction of sp³-hybridized carbons (Fsp3) is 0.345. The number of aromatic amines is 1. The van der Waals surface area contributed by atoms with Crippen LogP contribution in [0.3, 0.4) is 0 Å². The van der Waals surface area contributed by atoms with Gasteiger partial charge in [-0.3, -0.25) is 14.9 Å². The van der Waals surface area contributed by atoms with E-state index in [0.717, 1.165) is 27.6 Å². The number of fused-ring (bicyclic) bond motifs is 1. The number of quaternary nitrogens is 1. The summed E-state index contributed by atoms with van der Waals surface area (Å²) < 4.78 is 5.87. The van der Waals surface area contributed by atoms with Crippen LogP contribution in [0.1, 0.15) is 49.2 Å². The molecule has 38 heavy (non-hydrogen) atoms. The molecule has 0 radical (unpaired) electrons. The molecule has 0 aliphatic rings. The van der Waals surface area contributed by atoms with Crippen molar-refractivity contribution in [2.45, 2.75) is 33.2 Å². The summed E-state index contributed by atoms with van der Waals surface area (Å²) in [6, 6.07) is 12.7. The summed E-state index contributed by atoms with van der Waals surface area (Å²) in [5, 5.41) is 19.7. The molecule has 4 aromatic rings. The number of nitrogens with zero attached hydrogens (tertiary/aromatic N) is 4. The normalized spacial score (nSPS) is 12.5. The van der Waals surface area contributed by atoms with Gasteiger partial charge in [-0.1, -0.05) is 23.7 Å². The predicted octanol–water partition coefficient (Wildman–Crippen LogP) is 6.13. The highest BCUT2D eigenvalue weighted by molar-refractivity contribution is 6.30. The van der Waals surface area contributed by atoms with E-state index < -0.39 is 0 Å². The van der Waals surface area contributed by atoms with Crippen molar-refractivity contribution in [3.8, 4) is 16.9 Å². The maximum Gasteiger partial charge on any atom is 0.254 e. The summed E-state index contributed by atoms with van der Waals surface area (Å²) >= 11 is 6.22. The van der Waals surface area contributed by atoms with E-state index >= 15 is 0 Å². The number of nitrogens with one attached hydrogen (secondary N) is 1. The molecule has 8 nitrogen and oxygen atoms in total. The zero-order valence-corrected chi connectivity index (χ0v) is 23.1. The highest BCUT2D eigenvalue weighted by atomic mass is 35.5. The largest absolute Gasteiger partial charge is 0.493 e. The molecule has 0 fully saturated rings. The van der Waals surface area contributed by atoms with Crippen LogP contribution >= 0.6 is 11.6 Å². The van der Waals surface area contributed by atoms with E-state index in [2.05, 4.69) is 15.2 Å². The number of hydroxylamine groups is 3. The van der Waals surface area contributed by atoms with E-state index in [1.807, 2.05) is 57.2 Å². The van der Waals surface area contributed by atoms with Gasteiger partial charge in [0.1, 0.15) is 25.4 Å². The number of H-pyrrole nitrogens is 1. The Kier molecular flexibility index (Phi) is 8.66. The number of halogens is 1. The van der Waals surface area contributed by atoms with E-state index in [4.69, 9.17) is 16.3 Å². The molecule has 0 saturated carbocycles. The van der Waals surface area contributed by atoms with E-state index in [1.54, 1.807) is 36.6 Å². The third-order valence-corrected chi connectivity index (χ3v) is 7.43. The molecule has 1 unspecified atom stereocenters. The quantitative estimate of drug-likeness (QED) is 0.178. The molecule has 0 spiro atoms. The summed E-state index contributed by atoms with van der Waals surface area (Å²) in [6.07, 6.45) is 5.78. The molecule has 0 aliphatic carbocycles. The zero-order chi connectivity index (χ0) is 27.3. The van der Waals surface area contributed by atoms with Crippen molar-refractivity contribution >= 4 is 28.4 Å². The first-order chi connectivity index (χ1) is 18.3. The number of pyridine rings is 1. The van der Waals surface area contributed by atoms with E-state index in [0.29, 0.717) is 49.0 Å².